The van der Waals surface area contributed by atoms with E-state index in [9.17, 15) is 49.5 Å². The third-order valence-corrected chi connectivity index (χ3v) is 6.98. The Bertz CT molecular complexity index is 1110. The van der Waals surface area contributed by atoms with E-state index in [1.807, 2.05) is 0 Å². The number of thiocarbonyl (C=S) groups is 1. The molecule has 1 aliphatic carbocycles. The molecule has 15 heteroatoms. The van der Waals surface area contributed by atoms with Crippen molar-refractivity contribution in [3.05, 3.63) is 29.8 Å². The maximum absolute atomic E-state index is 11.9. The van der Waals surface area contributed by atoms with Crippen molar-refractivity contribution in [3.63, 3.8) is 0 Å². The van der Waals surface area contributed by atoms with Crippen LogP contribution in [0.15, 0.2) is 29.3 Å². The van der Waals surface area contributed by atoms with Crippen LogP contribution in [0.2, 0.25) is 0 Å². The molecule has 0 spiro atoms. The molecule has 224 valence electrons. The molecule has 1 fully saturated rings. The van der Waals surface area contributed by atoms with Crippen LogP contribution >= 0.6 is 12.2 Å². The summed E-state index contributed by atoms with van der Waals surface area (Å²) < 4.78 is 0. The van der Waals surface area contributed by atoms with Gasteiger partial charge in [0, 0.05) is 24.7 Å². The molecule has 1 aromatic carbocycles. The molecule has 14 nitrogen and oxygen atoms in total. The standard InChI is InChI=1S/C26H34N4O10S/c31-22(32)11-28(19-2-1-3-20(9-19)29(12-23(33)34)13-24(35)36)10-21(30(14-25(37)38)15-26(39)40)8-17-4-6-18(7-5-17)27-16-41/h4-7,19-21H,1-3,8-15H2,(H,31,32)(H,33,34)(H,35,36)(H,37,38)(H,39,40)/t19-,20-,21-/m1/s1. The summed E-state index contributed by atoms with van der Waals surface area (Å²) in [6, 6.07) is 5.25. The Balaban J connectivity index is 2.40. The zero-order valence-corrected chi connectivity index (χ0v) is 23.1. The highest BCUT2D eigenvalue weighted by Gasteiger charge is 2.35. The zero-order chi connectivity index (χ0) is 30.5. The van der Waals surface area contributed by atoms with Gasteiger partial charge in [0.2, 0.25) is 0 Å². The van der Waals surface area contributed by atoms with E-state index in [1.165, 1.54) is 9.80 Å². The largest absolute Gasteiger partial charge is 0.480 e. The lowest BCUT2D eigenvalue weighted by Crippen LogP contribution is -2.54. The molecule has 5 N–H and O–H groups in total. The second kappa shape index (κ2) is 16.5. The molecule has 2 rings (SSSR count). The first kappa shape index (κ1) is 33.5. The van der Waals surface area contributed by atoms with E-state index < -0.39 is 80.7 Å². The van der Waals surface area contributed by atoms with E-state index in [0.29, 0.717) is 31.4 Å². The third kappa shape index (κ3) is 12.1. The Hall–Kier alpha value is -3.75. The number of isothiocyanates is 1. The Morgan fingerprint density at radius 3 is 1.71 bits per heavy atom. The monoisotopic (exact) mass is 594 g/mol. The van der Waals surface area contributed by atoms with Gasteiger partial charge in [0.1, 0.15) is 0 Å². The Morgan fingerprint density at radius 2 is 1.24 bits per heavy atom. The predicted octanol–water partition coefficient (Wildman–Crippen LogP) is 0.972. The summed E-state index contributed by atoms with van der Waals surface area (Å²) in [6.07, 6.45) is 2.15. The van der Waals surface area contributed by atoms with Gasteiger partial charge in [-0.3, -0.25) is 38.7 Å². The van der Waals surface area contributed by atoms with Crippen LogP contribution in [-0.4, -0.2) is 133 Å². The summed E-state index contributed by atoms with van der Waals surface area (Å²) in [5.41, 5.74) is 1.27. The summed E-state index contributed by atoms with van der Waals surface area (Å²) in [6.45, 7) is -2.59. The first-order chi connectivity index (χ1) is 19.4. The van der Waals surface area contributed by atoms with Crippen LogP contribution in [0.25, 0.3) is 0 Å². The first-order valence-corrected chi connectivity index (χ1v) is 13.3. The topological polar surface area (TPSA) is 209 Å². The van der Waals surface area contributed by atoms with Gasteiger partial charge >= 0.3 is 29.8 Å². The fourth-order valence-corrected chi connectivity index (χ4v) is 5.36. The minimum Gasteiger partial charge on any atom is -0.480 e. The summed E-state index contributed by atoms with van der Waals surface area (Å²) in [5.74, 6) is -6.01. The molecule has 0 heterocycles. The molecule has 0 radical (unpaired) electrons. The van der Waals surface area contributed by atoms with Gasteiger partial charge in [-0.2, -0.15) is 4.99 Å². The number of carboxylic acid groups (broad SMARTS) is 5. The van der Waals surface area contributed by atoms with Gasteiger partial charge in [-0.05, 0) is 55.6 Å². The summed E-state index contributed by atoms with van der Waals surface area (Å²) in [4.78, 5) is 66.1. The van der Waals surface area contributed by atoms with E-state index in [2.05, 4.69) is 22.4 Å². The van der Waals surface area contributed by atoms with E-state index in [0.717, 1.165) is 5.56 Å². The SMILES string of the molecule is O=C(O)CN(CC(=O)O)[C@@H]1CCC[C@@H](N(CC(=O)O)C[C@@H](Cc2ccc(N=C=S)cc2)N(CC(=O)O)CC(=O)O)C1. The fourth-order valence-electron chi connectivity index (χ4n) is 5.25. The molecule has 0 aromatic heterocycles. The van der Waals surface area contributed by atoms with Crippen LogP contribution in [0.3, 0.4) is 0 Å². The number of hydrogen-bond acceptors (Lipinski definition) is 10. The number of aliphatic carboxylic acids is 5. The van der Waals surface area contributed by atoms with Crippen molar-refractivity contribution in [2.75, 3.05) is 39.3 Å². The minimum atomic E-state index is -1.25. The normalized spacial score (nSPS) is 17.6. The van der Waals surface area contributed by atoms with Crippen LogP contribution in [0, 0.1) is 0 Å². The lowest BCUT2D eigenvalue weighted by molar-refractivity contribution is -0.146. The van der Waals surface area contributed by atoms with Crippen LogP contribution in [0.5, 0.6) is 0 Å². The molecule has 0 amide bonds. The van der Waals surface area contributed by atoms with Crippen LogP contribution in [0.4, 0.5) is 5.69 Å². The number of aliphatic imine (C=N–C) groups is 1. The van der Waals surface area contributed by atoms with Gasteiger partial charge in [0.15, 0.2) is 0 Å². The number of nitrogens with zero attached hydrogens (tertiary/aromatic N) is 4. The lowest BCUT2D eigenvalue weighted by atomic mass is 9.88. The van der Waals surface area contributed by atoms with Crippen molar-refractivity contribution in [1.82, 2.24) is 14.7 Å². The Kier molecular flexibility index (Phi) is 13.5. The summed E-state index contributed by atoms with van der Waals surface area (Å²) in [7, 11) is 0. The molecule has 41 heavy (non-hydrogen) atoms. The molecule has 0 bridgehead atoms. The van der Waals surface area contributed by atoms with Crippen molar-refractivity contribution in [3.8, 4) is 0 Å². The van der Waals surface area contributed by atoms with Gasteiger partial charge in [-0.25, -0.2) is 0 Å². The number of carbonyl (C=O) groups is 5. The quantitative estimate of drug-likeness (QED) is 0.119. The second-order valence-corrected chi connectivity index (χ2v) is 10.1. The van der Waals surface area contributed by atoms with Crippen LogP contribution < -0.4 is 0 Å². The van der Waals surface area contributed by atoms with Crippen LogP contribution in [0.1, 0.15) is 31.2 Å². The maximum Gasteiger partial charge on any atom is 0.317 e. The average Bonchev–Trinajstić information content (AvgIpc) is 2.87. The highest BCUT2D eigenvalue weighted by atomic mass is 32.1. The number of carboxylic acids is 5. The van der Waals surface area contributed by atoms with E-state index in [4.69, 9.17) is 0 Å². The maximum atomic E-state index is 11.9. The van der Waals surface area contributed by atoms with Crippen molar-refractivity contribution >= 4 is 52.9 Å². The van der Waals surface area contributed by atoms with Crippen molar-refractivity contribution in [2.24, 2.45) is 4.99 Å². The summed E-state index contributed by atoms with van der Waals surface area (Å²) in [5, 5.41) is 49.6. The fraction of sp³-hybridized carbons (Fsp3) is 0.538. The van der Waals surface area contributed by atoms with E-state index in [-0.39, 0.29) is 13.0 Å². The highest BCUT2D eigenvalue weighted by molar-refractivity contribution is 7.78. The molecular weight excluding hydrogens is 560 g/mol. The molecule has 0 saturated heterocycles. The number of hydrogen-bond donors (Lipinski definition) is 5. The molecule has 1 aliphatic rings. The molecular formula is C26H34N4O10S. The third-order valence-electron chi connectivity index (χ3n) is 6.89. The molecule has 1 saturated carbocycles. The molecule has 3 atom stereocenters. The average molecular weight is 595 g/mol. The van der Waals surface area contributed by atoms with E-state index in [1.54, 1.807) is 29.2 Å². The second-order valence-electron chi connectivity index (χ2n) is 9.91. The van der Waals surface area contributed by atoms with Crippen molar-refractivity contribution in [1.29, 1.82) is 0 Å². The molecule has 1 aromatic rings. The number of rotatable bonds is 18. The van der Waals surface area contributed by atoms with Gasteiger partial charge < -0.3 is 25.5 Å². The van der Waals surface area contributed by atoms with Crippen LogP contribution in [-0.2, 0) is 30.4 Å². The highest BCUT2D eigenvalue weighted by Crippen LogP contribution is 2.28. The minimum absolute atomic E-state index is 0.00193. The van der Waals surface area contributed by atoms with Gasteiger partial charge in [-0.15, -0.1) is 0 Å². The van der Waals surface area contributed by atoms with Crippen molar-refractivity contribution in [2.45, 2.75) is 50.2 Å². The summed E-state index contributed by atoms with van der Waals surface area (Å²) >= 11 is 4.61. The van der Waals surface area contributed by atoms with E-state index >= 15 is 0 Å². The first-order valence-electron chi connectivity index (χ1n) is 12.9. The Labute approximate surface area is 241 Å². The lowest BCUT2D eigenvalue weighted by Gasteiger charge is -2.42. The van der Waals surface area contributed by atoms with Gasteiger partial charge in [0.05, 0.1) is 43.6 Å². The van der Waals surface area contributed by atoms with Gasteiger partial charge in [0.25, 0.3) is 0 Å². The zero-order valence-electron chi connectivity index (χ0n) is 22.3. The van der Waals surface area contributed by atoms with Crippen molar-refractivity contribution < 1.29 is 49.5 Å². The Morgan fingerprint density at radius 1 is 0.780 bits per heavy atom. The molecule has 0 aliphatic heterocycles. The predicted molar refractivity (Wildman–Crippen MR) is 148 cm³/mol. The van der Waals surface area contributed by atoms with Gasteiger partial charge in [-0.1, -0.05) is 18.6 Å². The number of benzene rings is 1. The smallest absolute Gasteiger partial charge is 0.317 e. The molecule has 0 unspecified atom stereocenters.